The molecule has 20 heavy (non-hydrogen) atoms. The van der Waals surface area contributed by atoms with Crippen LogP contribution in [0.1, 0.15) is 27.2 Å². The van der Waals surface area contributed by atoms with Gasteiger partial charge in [0, 0.05) is 13.2 Å². The van der Waals surface area contributed by atoms with Crippen LogP contribution in [0.25, 0.3) is 0 Å². The fourth-order valence-electron chi connectivity index (χ4n) is 2.65. The Balaban J connectivity index is 2.09. The molecule has 0 saturated heterocycles. The zero-order valence-electron chi connectivity index (χ0n) is 11.7. The third kappa shape index (κ3) is 1.74. The minimum absolute atomic E-state index is 0.358. The first-order valence-electron chi connectivity index (χ1n) is 6.41. The highest BCUT2D eigenvalue weighted by Gasteiger charge is 2.37. The number of rotatable bonds is 2. The molecule has 0 unspecified atom stereocenters. The van der Waals surface area contributed by atoms with Gasteiger partial charge >= 0.3 is 0 Å². The van der Waals surface area contributed by atoms with Crippen molar-refractivity contribution in [1.82, 2.24) is 9.55 Å². The van der Waals surface area contributed by atoms with E-state index < -0.39 is 11.7 Å². The topological polar surface area (TPSA) is 55.2 Å². The number of aromatic nitrogens is 2. The highest BCUT2D eigenvalue weighted by atomic mass is 16.2. The van der Waals surface area contributed by atoms with Crippen LogP contribution in [0.3, 0.4) is 0 Å². The molecule has 5 heteroatoms. The molecule has 1 aliphatic heterocycles. The van der Waals surface area contributed by atoms with Crippen molar-refractivity contribution in [2.75, 3.05) is 4.90 Å². The molecule has 2 heterocycles. The third-order valence-electron chi connectivity index (χ3n) is 3.65. The number of carbonyl (C=O) groups excluding carboxylic acids is 2. The second kappa shape index (κ2) is 4.30. The molecular weight excluding hydrogens is 254 g/mol. The summed E-state index contributed by atoms with van der Waals surface area (Å²) in [6.07, 6.45) is 3.39. The normalized spacial score (nSPS) is 14.1. The molecule has 0 fully saturated rings. The van der Waals surface area contributed by atoms with Crippen LogP contribution in [0.15, 0.2) is 24.7 Å². The lowest BCUT2D eigenvalue weighted by Crippen LogP contribution is -2.29. The smallest absolute Gasteiger partial charge is 0.299 e. The second-order valence-corrected chi connectivity index (χ2v) is 5.19. The number of amides is 1. The van der Waals surface area contributed by atoms with E-state index in [2.05, 4.69) is 4.98 Å². The van der Waals surface area contributed by atoms with Gasteiger partial charge in [-0.1, -0.05) is 6.07 Å². The first kappa shape index (κ1) is 12.6. The standard InChI is InChI=1S/C15H15N3O2/c1-9-4-10(2)13-12(5-9)18(15(20)14(13)19)7-11-6-16-8-17(11)3/h4-6,8H,7H2,1-3H3. The van der Waals surface area contributed by atoms with Gasteiger partial charge < -0.3 is 4.57 Å². The fourth-order valence-corrected chi connectivity index (χ4v) is 2.65. The third-order valence-corrected chi connectivity index (χ3v) is 3.65. The molecule has 0 saturated carbocycles. The molecule has 0 spiro atoms. The minimum atomic E-state index is -0.463. The molecule has 0 atom stereocenters. The molecule has 1 aliphatic rings. The monoisotopic (exact) mass is 269 g/mol. The summed E-state index contributed by atoms with van der Waals surface area (Å²) >= 11 is 0. The number of hydrogen-bond donors (Lipinski definition) is 0. The number of fused-ring (bicyclic) bond motifs is 1. The maximum Gasteiger partial charge on any atom is 0.299 e. The van der Waals surface area contributed by atoms with Crippen molar-refractivity contribution in [3.63, 3.8) is 0 Å². The van der Waals surface area contributed by atoms with Crippen LogP contribution in [-0.4, -0.2) is 21.2 Å². The summed E-state index contributed by atoms with van der Waals surface area (Å²) < 4.78 is 1.85. The SMILES string of the molecule is Cc1cc(C)c2c(c1)N(Cc1cncn1C)C(=O)C2=O. The zero-order chi connectivity index (χ0) is 14.4. The largest absolute Gasteiger partial charge is 0.336 e. The van der Waals surface area contributed by atoms with E-state index in [0.717, 1.165) is 16.8 Å². The molecule has 5 nitrogen and oxygen atoms in total. The Morgan fingerprint density at radius 3 is 2.60 bits per heavy atom. The second-order valence-electron chi connectivity index (χ2n) is 5.19. The molecule has 0 radical (unpaired) electrons. The van der Waals surface area contributed by atoms with Crippen LogP contribution in [0.2, 0.25) is 0 Å². The summed E-state index contributed by atoms with van der Waals surface area (Å²) in [6.45, 7) is 4.18. The van der Waals surface area contributed by atoms with Crippen LogP contribution >= 0.6 is 0 Å². The van der Waals surface area contributed by atoms with Gasteiger partial charge in [0.15, 0.2) is 0 Å². The summed E-state index contributed by atoms with van der Waals surface area (Å²) in [5, 5.41) is 0. The number of anilines is 1. The lowest BCUT2D eigenvalue weighted by atomic mass is 10.0. The lowest BCUT2D eigenvalue weighted by Gasteiger charge is -2.17. The van der Waals surface area contributed by atoms with Gasteiger partial charge in [-0.3, -0.25) is 14.5 Å². The summed E-state index contributed by atoms with van der Waals surface area (Å²) in [6, 6.07) is 3.82. The van der Waals surface area contributed by atoms with Crippen molar-refractivity contribution < 1.29 is 9.59 Å². The van der Waals surface area contributed by atoms with Crippen molar-refractivity contribution in [3.05, 3.63) is 47.0 Å². The lowest BCUT2D eigenvalue weighted by molar-refractivity contribution is -0.114. The number of ketones is 1. The predicted molar refractivity (Wildman–Crippen MR) is 74.6 cm³/mol. The first-order chi connectivity index (χ1) is 9.49. The molecule has 102 valence electrons. The predicted octanol–water partition coefficient (Wildman–Crippen LogP) is 1.77. The van der Waals surface area contributed by atoms with E-state index in [4.69, 9.17) is 0 Å². The van der Waals surface area contributed by atoms with Crippen molar-refractivity contribution >= 4 is 17.4 Å². The van der Waals surface area contributed by atoms with Gasteiger partial charge in [0.05, 0.1) is 29.8 Å². The number of aryl methyl sites for hydroxylation is 3. The molecule has 1 aromatic carbocycles. The Bertz CT molecular complexity index is 731. The Kier molecular flexibility index (Phi) is 2.71. The van der Waals surface area contributed by atoms with Crippen LogP contribution in [-0.2, 0) is 18.4 Å². The van der Waals surface area contributed by atoms with Gasteiger partial charge in [0.2, 0.25) is 0 Å². The van der Waals surface area contributed by atoms with E-state index in [1.807, 2.05) is 37.6 Å². The fraction of sp³-hybridized carbons (Fsp3) is 0.267. The summed E-state index contributed by atoms with van der Waals surface area (Å²) in [4.78, 5) is 29.9. The van der Waals surface area contributed by atoms with E-state index in [0.29, 0.717) is 17.8 Å². The van der Waals surface area contributed by atoms with E-state index >= 15 is 0 Å². The zero-order valence-corrected chi connectivity index (χ0v) is 11.7. The summed E-state index contributed by atoms with van der Waals surface area (Å²) in [5.41, 5.74) is 4.02. The number of imidazole rings is 1. The van der Waals surface area contributed by atoms with Gasteiger partial charge in [-0.05, 0) is 31.0 Å². The van der Waals surface area contributed by atoms with Crippen molar-refractivity contribution in [2.45, 2.75) is 20.4 Å². The van der Waals surface area contributed by atoms with E-state index in [-0.39, 0.29) is 0 Å². The number of benzene rings is 1. The van der Waals surface area contributed by atoms with Crippen LogP contribution in [0.5, 0.6) is 0 Å². The van der Waals surface area contributed by atoms with Gasteiger partial charge in [-0.15, -0.1) is 0 Å². The summed E-state index contributed by atoms with van der Waals surface area (Å²) in [7, 11) is 1.87. The van der Waals surface area contributed by atoms with Crippen molar-refractivity contribution in [2.24, 2.45) is 7.05 Å². The van der Waals surface area contributed by atoms with Crippen LogP contribution < -0.4 is 4.90 Å². The molecule has 3 rings (SSSR count). The number of Topliss-reactive ketones (excluding diaryl/α,β-unsaturated/α-hetero) is 1. The summed E-state index contributed by atoms with van der Waals surface area (Å²) in [5.74, 6) is -0.880. The maximum atomic E-state index is 12.2. The van der Waals surface area contributed by atoms with Crippen molar-refractivity contribution in [3.8, 4) is 0 Å². The Morgan fingerprint density at radius 1 is 1.20 bits per heavy atom. The van der Waals surface area contributed by atoms with Gasteiger partial charge in [-0.25, -0.2) is 4.98 Å². The molecule has 2 aromatic rings. The van der Waals surface area contributed by atoms with Crippen molar-refractivity contribution in [1.29, 1.82) is 0 Å². The Morgan fingerprint density at radius 2 is 1.95 bits per heavy atom. The van der Waals surface area contributed by atoms with Gasteiger partial charge in [0.1, 0.15) is 0 Å². The molecule has 1 amide bonds. The molecule has 0 bridgehead atoms. The molecule has 0 aliphatic carbocycles. The average molecular weight is 269 g/mol. The molecule has 1 aromatic heterocycles. The average Bonchev–Trinajstić information content (AvgIpc) is 2.87. The highest BCUT2D eigenvalue weighted by Crippen LogP contribution is 2.33. The molecule has 0 N–H and O–H groups in total. The van der Waals surface area contributed by atoms with Crippen LogP contribution in [0, 0.1) is 13.8 Å². The first-order valence-corrected chi connectivity index (χ1v) is 6.41. The number of hydrogen-bond acceptors (Lipinski definition) is 3. The van der Waals surface area contributed by atoms with Gasteiger partial charge in [0.25, 0.3) is 11.7 Å². The van der Waals surface area contributed by atoms with E-state index in [9.17, 15) is 9.59 Å². The Hall–Kier alpha value is -2.43. The minimum Gasteiger partial charge on any atom is -0.336 e. The molecular formula is C15H15N3O2. The Labute approximate surface area is 116 Å². The highest BCUT2D eigenvalue weighted by molar-refractivity contribution is 6.52. The number of carbonyl (C=O) groups is 2. The van der Waals surface area contributed by atoms with Crippen LogP contribution in [0.4, 0.5) is 5.69 Å². The maximum absolute atomic E-state index is 12.2. The quantitative estimate of drug-likeness (QED) is 0.781. The number of nitrogens with zero attached hydrogens (tertiary/aromatic N) is 3. The van der Waals surface area contributed by atoms with Gasteiger partial charge in [-0.2, -0.15) is 0 Å². The van der Waals surface area contributed by atoms with E-state index in [1.54, 1.807) is 12.5 Å². The van der Waals surface area contributed by atoms with E-state index in [1.165, 1.54) is 4.90 Å².